The zero-order valence-corrected chi connectivity index (χ0v) is 49.4. The van der Waals surface area contributed by atoms with Crippen molar-refractivity contribution in [3.8, 4) is 28.9 Å². The van der Waals surface area contributed by atoms with Gasteiger partial charge in [-0.25, -0.2) is 4.79 Å². The number of carbonyl (C=O) groups excluding carboxylic acids is 1. The Bertz CT molecular complexity index is 5510. The number of nitro benzene ring substituents is 1. The lowest BCUT2D eigenvalue weighted by molar-refractivity contribution is -0.385. The van der Waals surface area contributed by atoms with Crippen LogP contribution in [-0.4, -0.2) is 138 Å². The molecule has 0 radical (unpaired) electrons. The number of nitro groups is 1. The number of aromatic carboxylic acids is 1. The molecule has 7 aromatic carbocycles. The van der Waals surface area contributed by atoms with Crippen LogP contribution < -0.4 is 10.5 Å². The number of hydrogen-bond acceptors (Lipinski definition) is 33. The number of azo groups is 4. The minimum atomic E-state index is -5.79. The van der Waals surface area contributed by atoms with E-state index >= 15 is 0 Å². The molecule has 0 amide bonds. The Morgan fingerprint density at radius 2 is 1.07 bits per heavy atom. The number of anilines is 1. The van der Waals surface area contributed by atoms with Crippen molar-refractivity contribution < 1.29 is 130 Å². The summed E-state index contributed by atoms with van der Waals surface area (Å²) in [7, 11) is -35.6. The van der Waals surface area contributed by atoms with Crippen LogP contribution in [0.15, 0.2) is 161 Å². The number of non-ortho nitro benzene ring substituents is 1. The largest absolute Gasteiger partial charge is 0.505 e. The summed E-state index contributed by atoms with van der Waals surface area (Å²) in [5, 5.41) is 84.4. The highest BCUT2D eigenvalue weighted by Gasteiger charge is 2.31. The molecule has 8 rings (SSSR count). The third-order valence-electron chi connectivity index (χ3n) is 11.6. The number of nitrogens with zero attached hydrogens (tertiary/aromatic N) is 11. The van der Waals surface area contributed by atoms with Gasteiger partial charge in [0, 0.05) is 28.3 Å². The molecular formula is C43H28N12O30S7. The van der Waals surface area contributed by atoms with Crippen LogP contribution in [-0.2, 0) is 76.1 Å². The Morgan fingerprint density at radius 3 is 1.61 bits per heavy atom. The molecule has 0 unspecified atom stereocenters. The van der Waals surface area contributed by atoms with Gasteiger partial charge in [0.2, 0.25) is 11.6 Å². The van der Waals surface area contributed by atoms with Crippen molar-refractivity contribution in [3.63, 3.8) is 0 Å². The van der Waals surface area contributed by atoms with Crippen molar-refractivity contribution in [2.45, 2.75) is 29.4 Å². The number of phenols is 2. The van der Waals surface area contributed by atoms with Gasteiger partial charge in [0.25, 0.3) is 78.7 Å². The van der Waals surface area contributed by atoms with Gasteiger partial charge in [-0.3, -0.25) is 42.2 Å². The summed E-state index contributed by atoms with van der Waals surface area (Å²) in [5.74, 6) is -6.62. The molecule has 0 fully saturated rings. The van der Waals surface area contributed by atoms with Crippen molar-refractivity contribution in [2.24, 2.45) is 40.9 Å². The number of benzene rings is 7. The lowest BCUT2D eigenvalue weighted by Crippen LogP contribution is -2.04. The highest BCUT2D eigenvalue weighted by Crippen LogP contribution is 2.49. The van der Waals surface area contributed by atoms with Gasteiger partial charge in [-0.05, 0) is 72.8 Å². The normalized spacial score (nSPS) is 12.7. The molecule has 92 heavy (non-hydrogen) atoms. The number of phenolic OH excluding ortho intramolecular Hbond substituents is 2. The number of aromatic hydroxyl groups is 3. The molecule has 0 bridgehead atoms. The quantitative estimate of drug-likeness (QED) is 0.0108. The number of carboxylic acids is 1. The second-order valence-electron chi connectivity index (χ2n) is 17.3. The van der Waals surface area contributed by atoms with E-state index in [0.29, 0.717) is 35.0 Å². The van der Waals surface area contributed by atoms with Gasteiger partial charge in [-0.1, -0.05) is 6.07 Å². The average Bonchev–Trinajstić information content (AvgIpc) is 0.918. The maximum atomic E-state index is 13.1. The van der Waals surface area contributed by atoms with Crippen LogP contribution in [0, 0.1) is 10.1 Å². The van der Waals surface area contributed by atoms with E-state index in [1.807, 2.05) is 0 Å². The smallest absolute Gasteiger partial charge is 0.425 e. The summed E-state index contributed by atoms with van der Waals surface area (Å²) in [6.07, 6.45) is 0. The summed E-state index contributed by atoms with van der Waals surface area (Å²) in [6, 6.07) is 10.3. The molecular weight excluding hydrogens is 1390 g/mol. The first-order chi connectivity index (χ1) is 42.4. The van der Waals surface area contributed by atoms with Gasteiger partial charge < -0.3 is 30.9 Å². The lowest BCUT2D eigenvalue weighted by atomic mass is 10.1. The fraction of sp³-hybridized carbons (Fsp3) is 0. The molecule has 0 saturated heterocycles. The van der Waals surface area contributed by atoms with Gasteiger partial charge in [0.1, 0.15) is 58.6 Å². The first-order valence-electron chi connectivity index (χ1n) is 22.9. The molecule has 0 saturated carbocycles. The third-order valence-corrected chi connectivity index (χ3v) is 16.9. The molecule has 49 heteroatoms. The lowest BCUT2D eigenvalue weighted by Gasteiger charge is -2.13. The van der Waals surface area contributed by atoms with Crippen molar-refractivity contribution in [2.75, 3.05) is 5.73 Å². The molecule has 1 heterocycles. The molecule has 42 nitrogen and oxygen atoms in total. The molecule has 0 spiro atoms. The van der Waals surface area contributed by atoms with Gasteiger partial charge in [-0.15, -0.1) is 53.5 Å². The van der Waals surface area contributed by atoms with Crippen LogP contribution in [0.3, 0.4) is 0 Å². The van der Waals surface area contributed by atoms with E-state index in [0.717, 1.165) is 54.6 Å². The fourth-order valence-electron chi connectivity index (χ4n) is 7.84. The van der Waals surface area contributed by atoms with Crippen LogP contribution in [0.2, 0.25) is 0 Å². The molecule has 8 aromatic rings. The Kier molecular flexibility index (Phi) is 18.9. The molecule has 0 atom stereocenters. The maximum Gasteiger partial charge on any atom is 0.425 e. The van der Waals surface area contributed by atoms with Gasteiger partial charge >= 0.3 is 16.6 Å². The Balaban J connectivity index is 0.00000291. The number of hydrogen-bond donors (Lipinski definition) is 11. The van der Waals surface area contributed by atoms with E-state index < -0.39 is 219 Å². The summed E-state index contributed by atoms with van der Waals surface area (Å²) in [5.41, 5.74) is -4.57. The average molecular weight is 1420 g/mol. The molecule has 0 aliphatic carbocycles. The van der Waals surface area contributed by atoms with Crippen LogP contribution >= 0.6 is 0 Å². The zero-order chi connectivity index (χ0) is 68.7. The summed E-state index contributed by atoms with van der Waals surface area (Å²) in [4.78, 5) is 26.8. The van der Waals surface area contributed by atoms with Crippen molar-refractivity contribution in [1.82, 2.24) is 9.78 Å². The number of fused-ring (bicyclic) bond motifs is 2. The molecule has 1 aromatic heterocycles. The second-order valence-corrected chi connectivity index (χ2v) is 26.0. The second kappa shape index (κ2) is 25.3. The van der Waals surface area contributed by atoms with Crippen molar-refractivity contribution >= 4 is 162 Å². The minimum absolute atomic E-state index is 0.201. The van der Waals surface area contributed by atoms with E-state index in [1.54, 1.807) is 0 Å². The van der Waals surface area contributed by atoms with Crippen LogP contribution in [0.4, 0.5) is 56.9 Å². The van der Waals surface area contributed by atoms with Crippen molar-refractivity contribution in [1.29, 1.82) is 0 Å². The van der Waals surface area contributed by atoms with Gasteiger partial charge in [0.05, 0.1) is 37.8 Å². The minimum Gasteiger partial charge on any atom is -0.505 e. The van der Waals surface area contributed by atoms with Crippen LogP contribution in [0.5, 0.6) is 23.3 Å². The van der Waals surface area contributed by atoms with E-state index in [4.69, 9.17) is 18.4 Å². The maximum absolute atomic E-state index is 13.1. The van der Waals surface area contributed by atoms with Gasteiger partial charge in [0.15, 0.2) is 11.5 Å². The highest BCUT2D eigenvalue weighted by molar-refractivity contribution is 7.87. The van der Waals surface area contributed by atoms with Crippen molar-refractivity contribution in [3.05, 3.63) is 107 Å². The first kappa shape index (κ1) is 68.8. The summed E-state index contributed by atoms with van der Waals surface area (Å²) >= 11 is 0. The molecule has 0 aliphatic rings. The number of rotatable bonds is 19. The topological polar surface area (TPSA) is 688 Å². The highest BCUT2D eigenvalue weighted by atomic mass is 32.2. The van der Waals surface area contributed by atoms with E-state index in [9.17, 15) is 118 Å². The molecule has 12 N–H and O–H groups in total. The number of nitrogens with two attached hydrogens (primary N) is 1. The standard InChI is InChI=1S/C43H28N12O27S6.O3S/c44-34-28(15-29(84(67,68)69)22-7-9-26(39(58)33(22)34)47-46-25-8-3-19(55(62)63)13-30(25)85(70,71)72)49-48-27-10-6-21-23(40(27)88(79,80)81)14-32(87(76,77)78)36(38(21)57)51-45-17-11-24(43(60)61)35(31(12-17)86(73,74)75)50-52-37-41(82-16-56)53-54(42(37)59)18-1-4-20(5-2-18)83(64,65)66;1-4(2)3/h1-16,57-59H,44H2,(H,60,61)(H,64,65,66)(H,67,68,69)(H,70,71,72)(H,73,74,75)(H,76,77,78)(H,79,80,81);. The summed E-state index contributed by atoms with van der Waals surface area (Å²) < 4.78 is 241. The molecule has 482 valence electrons. The number of carbonyl (C=O) groups is 2. The first-order valence-corrected chi connectivity index (χ1v) is 32.5. The number of nitrogen functional groups attached to an aromatic ring is 1. The molecule has 0 aliphatic heterocycles. The third kappa shape index (κ3) is 14.8. The SMILES string of the molecule is Nc1c(N=Nc2ccc3c(O)c(N=Nc4cc(C(=O)O)c(N=Nc5c(OC=O)nn(-c6ccc(S(=O)(=O)O)cc6)c5O)c(S(=O)(=O)O)c4)c(S(=O)(=O)O)cc3c2S(=O)(=O)O)cc(S(=O)(=O)O)c2ccc(N=Nc3ccc([N+](=O)[O-])cc3S(=O)(=O)O)c(O)c12.O=S(=O)=O. The Morgan fingerprint density at radius 1 is 0.554 bits per heavy atom. The number of ether oxygens (including phenoxy) is 1. The van der Waals surface area contributed by atoms with E-state index in [2.05, 4.69) is 50.7 Å². The van der Waals surface area contributed by atoms with E-state index in [1.165, 1.54) is 0 Å². The van der Waals surface area contributed by atoms with Crippen LogP contribution in [0.25, 0.3) is 27.2 Å². The van der Waals surface area contributed by atoms with E-state index in [-0.39, 0.29) is 18.2 Å². The monoisotopic (exact) mass is 1420 g/mol. The number of aromatic nitrogens is 2. The van der Waals surface area contributed by atoms with Crippen LogP contribution in [0.1, 0.15) is 10.4 Å². The zero-order valence-electron chi connectivity index (χ0n) is 43.7. The summed E-state index contributed by atoms with van der Waals surface area (Å²) in [6.45, 7) is -0.242. The number of carboxylic acid groups (broad SMARTS) is 1. The predicted octanol–water partition coefficient (Wildman–Crippen LogP) is 6.16. The predicted molar refractivity (Wildman–Crippen MR) is 299 cm³/mol. The Hall–Kier alpha value is -10.7. The van der Waals surface area contributed by atoms with Gasteiger partial charge in [-0.2, -0.15) is 60.3 Å². The Labute approximate surface area is 511 Å². The fourth-order valence-corrected chi connectivity index (χ4v) is 11.8.